The molecule has 0 saturated heterocycles. The monoisotopic (exact) mass is 353 g/mol. The Morgan fingerprint density at radius 1 is 1.17 bits per heavy atom. The number of rotatable bonds is 14. The first-order chi connectivity index (χ1) is 11.3. The Labute approximate surface area is 140 Å². The van der Waals surface area contributed by atoms with Gasteiger partial charge in [-0.15, -0.1) is 20.2 Å². The maximum Gasteiger partial charge on any atom is 0.294 e. The van der Waals surface area contributed by atoms with Gasteiger partial charge in [0.2, 0.25) is 0 Å². The first kappa shape index (κ1) is 24.1. The Hall–Kier alpha value is -2.17. The number of ether oxygens (including phenoxy) is 1. The van der Waals surface area contributed by atoms with Crippen LogP contribution >= 0.6 is 0 Å². The fraction of sp³-hybridized carbons (Fsp3) is 0.923. The van der Waals surface area contributed by atoms with Crippen molar-refractivity contribution in [2.24, 2.45) is 0 Å². The number of hydrogen-bond acceptors (Lipinski definition) is 9. The van der Waals surface area contributed by atoms with E-state index in [0.29, 0.717) is 25.5 Å². The van der Waals surface area contributed by atoms with Crippen molar-refractivity contribution >= 4 is 6.47 Å². The minimum atomic E-state index is -0.990. The third-order valence-electron chi connectivity index (χ3n) is 2.57. The summed E-state index contributed by atoms with van der Waals surface area (Å²) >= 11 is 0. The molecule has 0 fully saturated rings. The van der Waals surface area contributed by atoms with E-state index >= 15 is 0 Å². The molecule has 24 heavy (non-hydrogen) atoms. The molecule has 1 N–H and O–H groups in total. The third kappa shape index (κ3) is 22.1. The smallest absolute Gasteiger partial charge is 0.294 e. The molecule has 142 valence electrons. The topological polar surface area (TPSA) is 143 Å². The van der Waals surface area contributed by atoms with Gasteiger partial charge in [0.25, 0.3) is 16.6 Å². The SMILES string of the molecule is CC(C)NCCOC=O.CCCCCC(CO[N+](=O)[O-])O[N+](=O)[O-]. The van der Waals surface area contributed by atoms with E-state index in [4.69, 9.17) is 0 Å². The van der Waals surface area contributed by atoms with E-state index in [-0.39, 0.29) is 0 Å². The Kier molecular flexibility index (Phi) is 17.3. The van der Waals surface area contributed by atoms with Crippen molar-refractivity contribution < 1.29 is 29.4 Å². The lowest BCUT2D eigenvalue weighted by Gasteiger charge is -2.12. The van der Waals surface area contributed by atoms with Crippen LogP contribution in [0.5, 0.6) is 0 Å². The van der Waals surface area contributed by atoms with Gasteiger partial charge < -0.3 is 19.7 Å². The fourth-order valence-electron chi connectivity index (χ4n) is 1.51. The van der Waals surface area contributed by atoms with Crippen LogP contribution in [0.25, 0.3) is 0 Å². The van der Waals surface area contributed by atoms with Gasteiger partial charge in [-0.2, -0.15) is 0 Å². The first-order valence-corrected chi connectivity index (χ1v) is 7.70. The second-order valence-electron chi connectivity index (χ2n) is 5.04. The van der Waals surface area contributed by atoms with Gasteiger partial charge in [-0.25, -0.2) is 0 Å². The number of hydrogen-bond donors (Lipinski definition) is 1. The molecular weight excluding hydrogens is 326 g/mol. The zero-order chi connectivity index (χ0) is 18.8. The molecule has 0 amide bonds. The summed E-state index contributed by atoms with van der Waals surface area (Å²) in [4.78, 5) is 37.8. The lowest BCUT2D eigenvalue weighted by molar-refractivity contribution is -0.790. The minimum Gasteiger partial charge on any atom is -0.467 e. The standard InChI is InChI=1S/C7H14N2O6.C6H13NO2/c1-2-3-4-5-7(15-9(12)13)6-14-8(10)11;1-6(2)7-3-4-9-5-8/h7H,2-6H2,1H3;5-7H,3-4H2,1-2H3. The van der Waals surface area contributed by atoms with Crippen molar-refractivity contribution in [1.29, 1.82) is 0 Å². The minimum absolute atomic E-state index is 0.378. The van der Waals surface area contributed by atoms with E-state index in [1.165, 1.54) is 0 Å². The molecule has 0 aliphatic heterocycles. The highest BCUT2D eigenvalue weighted by Gasteiger charge is 2.14. The molecular formula is C13H27N3O8. The van der Waals surface area contributed by atoms with E-state index < -0.39 is 22.9 Å². The Morgan fingerprint density at radius 3 is 2.29 bits per heavy atom. The van der Waals surface area contributed by atoms with Crippen LogP contribution in [0.3, 0.4) is 0 Å². The second-order valence-corrected chi connectivity index (χ2v) is 5.04. The van der Waals surface area contributed by atoms with Crippen LogP contribution in [0.4, 0.5) is 0 Å². The quantitative estimate of drug-likeness (QED) is 0.213. The normalized spacial score (nSPS) is 11.0. The molecule has 0 aromatic carbocycles. The molecule has 11 heteroatoms. The number of nitrogens with one attached hydrogen (secondary N) is 1. The number of carbonyl (C=O) groups excluding carboxylic acids is 1. The molecule has 0 radical (unpaired) electrons. The maximum atomic E-state index is 10.0. The van der Waals surface area contributed by atoms with Crippen LogP contribution in [-0.2, 0) is 19.2 Å². The summed E-state index contributed by atoms with van der Waals surface area (Å²) in [5.74, 6) is 0. The summed E-state index contributed by atoms with van der Waals surface area (Å²) in [6.45, 7) is 7.32. The van der Waals surface area contributed by atoms with E-state index in [0.717, 1.165) is 25.8 Å². The maximum absolute atomic E-state index is 10.0. The average molecular weight is 353 g/mol. The molecule has 1 atom stereocenters. The van der Waals surface area contributed by atoms with Crippen LogP contribution in [0.15, 0.2) is 0 Å². The largest absolute Gasteiger partial charge is 0.467 e. The van der Waals surface area contributed by atoms with E-state index in [1.807, 2.05) is 20.8 Å². The molecule has 0 rings (SSSR count). The van der Waals surface area contributed by atoms with E-state index in [2.05, 4.69) is 19.7 Å². The van der Waals surface area contributed by atoms with E-state index in [1.54, 1.807) is 0 Å². The van der Waals surface area contributed by atoms with Crippen LogP contribution in [0.2, 0.25) is 0 Å². The van der Waals surface area contributed by atoms with Gasteiger partial charge in [0.15, 0.2) is 0 Å². The molecule has 0 aromatic rings. The van der Waals surface area contributed by atoms with Gasteiger partial charge in [-0.3, -0.25) is 4.79 Å². The summed E-state index contributed by atoms with van der Waals surface area (Å²) in [5.41, 5.74) is 0. The van der Waals surface area contributed by atoms with Crippen LogP contribution in [0.1, 0.15) is 46.5 Å². The zero-order valence-corrected chi connectivity index (χ0v) is 14.3. The number of carbonyl (C=O) groups is 1. The average Bonchev–Trinajstić information content (AvgIpc) is 2.49. The number of unbranched alkanes of at least 4 members (excludes halogenated alkanes) is 2. The molecule has 0 aromatic heterocycles. The van der Waals surface area contributed by atoms with Crippen molar-refractivity contribution in [1.82, 2.24) is 5.32 Å². The van der Waals surface area contributed by atoms with Crippen molar-refractivity contribution in [2.45, 2.75) is 58.6 Å². The third-order valence-corrected chi connectivity index (χ3v) is 2.57. The van der Waals surface area contributed by atoms with Gasteiger partial charge in [-0.05, 0) is 6.42 Å². The Morgan fingerprint density at radius 2 is 1.83 bits per heavy atom. The predicted octanol–water partition coefficient (Wildman–Crippen LogP) is 1.51. The summed E-state index contributed by atoms with van der Waals surface area (Å²) in [5, 5.41) is 21.1. The van der Waals surface area contributed by atoms with Crippen molar-refractivity contribution in [3.63, 3.8) is 0 Å². The molecule has 1 unspecified atom stereocenters. The van der Waals surface area contributed by atoms with Crippen molar-refractivity contribution in [3.8, 4) is 0 Å². The van der Waals surface area contributed by atoms with Gasteiger partial charge in [0, 0.05) is 12.6 Å². The summed E-state index contributed by atoms with van der Waals surface area (Å²) in [6.07, 6.45) is 2.09. The highest BCUT2D eigenvalue weighted by atomic mass is 17.0. The molecule has 0 saturated carbocycles. The molecule has 0 spiro atoms. The zero-order valence-electron chi connectivity index (χ0n) is 14.3. The van der Waals surface area contributed by atoms with Gasteiger partial charge in [0.1, 0.15) is 19.3 Å². The lowest BCUT2D eigenvalue weighted by atomic mass is 10.1. The predicted molar refractivity (Wildman–Crippen MR) is 84.1 cm³/mol. The summed E-state index contributed by atoms with van der Waals surface area (Å²) < 4.78 is 4.44. The highest BCUT2D eigenvalue weighted by Crippen LogP contribution is 2.07. The summed E-state index contributed by atoms with van der Waals surface area (Å²) in [7, 11) is 0. The highest BCUT2D eigenvalue weighted by molar-refractivity contribution is 5.36. The first-order valence-electron chi connectivity index (χ1n) is 7.70. The van der Waals surface area contributed by atoms with Gasteiger partial charge in [-0.1, -0.05) is 40.0 Å². The van der Waals surface area contributed by atoms with E-state index in [9.17, 15) is 25.0 Å². The fourth-order valence-corrected chi connectivity index (χ4v) is 1.51. The lowest BCUT2D eigenvalue weighted by Crippen LogP contribution is -2.26. The van der Waals surface area contributed by atoms with Crippen LogP contribution in [0, 0.1) is 20.2 Å². The van der Waals surface area contributed by atoms with Gasteiger partial charge in [0.05, 0.1) is 0 Å². The van der Waals surface area contributed by atoms with Crippen molar-refractivity contribution in [2.75, 3.05) is 19.8 Å². The Bertz CT molecular complexity index is 341. The van der Waals surface area contributed by atoms with Crippen LogP contribution in [-0.4, -0.2) is 48.5 Å². The second kappa shape index (κ2) is 17.2. The molecule has 0 aliphatic rings. The molecule has 11 nitrogen and oxygen atoms in total. The number of nitrogens with zero attached hydrogens (tertiary/aromatic N) is 2. The molecule has 0 aliphatic carbocycles. The summed E-state index contributed by atoms with van der Waals surface area (Å²) in [6, 6.07) is 0.459. The van der Waals surface area contributed by atoms with Gasteiger partial charge >= 0.3 is 0 Å². The van der Waals surface area contributed by atoms with Crippen molar-refractivity contribution in [3.05, 3.63) is 20.2 Å². The Balaban J connectivity index is 0. The van der Waals surface area contributed by atoms with Crippen LogP contribution < -0.4 is 5.32 Å². The molecule has 0 heterocycles. The molecule has 0 bridgehead atoms.